The Morgan fingerprint density at radius 3 is 1.98 bits per heavy atom. The molecule has 0 unspecified atom stereocenters. The first kappa shape index (κ1) is 39.9. The minimum Gasteiger partial charge on any atom is -0.460 e. The number of esters is 1. The number of nitrogens with zero attached hydrogens (tertiary/aromatic N) is 1. The van der Waals surface area contributed by atoms with Crippen LogP contribution in [-0.2, 0) is 34.3 Å². The van der Waals surface area contributed by atoms with Gasteiger partial charge in [-0.15, -0.1) is 0 Å². The summed E-state index contributed by atoms with van der Waals surface area (Å²) in [6.07, 6.45) is -1.07. The summed E-state index contributed by atoms with van der Waals surface area (Å²) in [4.78, 5) is 64.0. The quantitative estimate of drug-likeness (QED) is 0.148. The lowest BCUT2D eigenvalue weighted by Crippen LogP contribution is -2.43. The van der Waals surface area contributed by atoms with Crippen LogP contribution in [0, 0.1) is 0 Å². The Hall–Kier alpha value is -4.89. The van der Waals surface area contributed by atoms with Gasteiger partial charge in [0.15, 0.2) is 22.8 Å². The van der Waals surface area contributed by atoms with E-state index in [1.54, 1.807) is 78.8 Å². The fourth-order valence-electron chi connectivity index (χ4n) is 5.32. The molecule has 3 amide bonds. The number of carbonyl (C=O) groups excluding carboxylic acids is 5. The van der Waals surface area contributed by atoms with E-state index in [0.29, 0.717) is 42.2 Å². The topological polar surface area (TPSA) is 181 Å². The predicted octanol–water partition coefficient (Wildman–Crippen LogP) is 6.32. The molecule has 1 aliphatic heterocycles. The number of benzene rings is 2. The number of nitrogens with one attached hydrogen (secondary N) is 2. The number of ketones is 1. The number of carbonyl (C=O) groups is 5. The van der Waals surface area contributed by atoms with E-state index < -0.39 is 35.3 Å². The molecule has 1 saturated heterocycles. The average molecular weight is 728 g/mol. The van der Waals surface area contributed by atoms with Crippen LogP contribution in [0.4, 0.5) is 14.4 Å². The van der Waals surface area contributed by atoms with Crippen LogP contribution in [-0.4, -0.2) is 85.5 Å². The molecule has 2 heterocycles. The van der Waals surface area contributed by atoms with Gasteiger partial charge in [0.25, 0.3) is 0 Å². The zero-order valence-electron chi connectivity index (χ0n) is 31.1. The Kier molecular flexibility index (Phi) is 12.8. The van der Waals surface area contributed by atoms with E-state index >= 15 is 0 Å². The van der Waals surface area contributed by atoms with E-state index in [1.807, 2.05) is 0 Å². The highest BCUT2D eigenvalue weighted by molar-refractivity contribution is 6.11. The summed E-state index contributed by atoms with van der Waals surface area (Å²) < 4.78 is 40.3. The number of hydrogen-bond acceptors (Lipinski definition) is 12. The van der Waals surface area contributed by atoms with E-state index in [4.69, 9.17) is 32.8 Å². The SMILES string of the molecule is CC(=O)CN(CCNC(=O)Oc1c2ccccc2c(OC(=O)NCCCCC(=O)OC(C)(C)C)c2oc(C3(C)OCCO3)cc12)C(=O)OC(C)(C)C. The minimum atomic E-state index is -1.25. The van der Waals surface area contributed by atoms with Crippen molar-refractivity contribution >= 4 is 51.8 Å². The van der Waals surface area contributed by atoms with Gasteiger partial charge in [0.2, 0.25) is 5.79 Å². The van der Waals surface area contributed by atoms with Crippen LogP contribution in [0.2, 0.25) is 0 Å². The van der Waals surface area contributed by atoms with E-state index in [-0.39, 0.29) is 67.2 Å². The first-order valence-electron chi connectivity index (χ1n) is 17.2. The normalized spacial score (nSPS) is 14.2. The predicted molar refractivity (Wildman–Crippen MR) is 189 cm³/mol. The van der Waals surface area contributed by atoms with Gasteiger partial charge in [-0.2, -0.15) is 0 Å². The molecule has 4 rings (SSSR count). The van der Waals surface area contributed by atoms with Gasteiger partial charge < -0.3 is 43.5 Å². The molecule has 52 heavy (non-hydrogen) atoms. The second-order valence-electron chi connectivity index (χ2n) is 14.5. The first-order valence-corrected chi connectivity index (χ1v) is 17.2. The summed E-state index contributed by atoms with van der Waals surface area (Å²) in [5, 5.41) is 6.48. The molecule has 1 aromatic heterocycles. The highest BCUT2D eigenvalue weighted by atomic mass is 16.7. The lowest BCUT2D eigenvalue weighted by molar-refractivity contribution is -0.162. The highest BCUT2D eigenvalue weighted by Gasteiger charge is 2.38. The van der Waals surface area contributed by atoms with Gasteiger partial charge in [-0.25, -0.2) is 14.4 Å². The Morgan fingerprint density at radius 1 is 0.808 bits per heavy atom. The van der Waals surface area contributed by atoms with Crippen molar-refractivity contribution in [2.45, 2.75) is 91.6 Å². The first-order chi connectivity index (χ1) is 24.3. The summed E-state index contributed by atoms with van der Waals surface area (Å²) in [6, 6.07) is 8.46. The van der Waals surface area contributed by atoms with Gasteiger partial charge in [-0.3, -0.25) is 14.5 Å². The smallest absolute Gasteiger partial charge is 0.412 e. The maximum absolute atomic E-state index is 13.2. The van der Waals surface area contributed by atoms with Crippen molar-refractivity contribution in [2.75, 3.05) is 39.4 Å². The second-order valence-corrected chi connectivity index (χ2v) is 14.5. The molecule has 2 N–H and O–H groups in total. The van der Waals surface area contributed by atoms with Gasteiger partial charge in [-0.1, -0.05) is 24.3 Å². The van der Waals surface area contributed by atoms with E-state index in [0.717, 1.165) is 0 Å². The van der Waals surface area contributed by atoms with Crippen LogP contribution >= 0.6 is 0 Å². The number of fused-ring (bicyclic) bond motifs is 2. The summed E-state index contributed by atoms with van der Waals surface area (Å²) in [7, 11) is 0. The molecule has 0 aliphatic carbocycles. The standard InChI is InChI=1S/C37H49N3O12/c1-23(41)22-40(34(45)52-36(5,6)7)18-17-39-33(44)49-29-24-13-9-10-14-25(24)30(31-26(29)21-27(48-31)37(8)46-19-20-47-37)50-32(43)38-16-12-11-15-28(42)51-35(2,3)4/h9-10,13-14,21H,11-12,15-20,22H2,1-8H3,(H,38,43)(H,39,44). The molecule has 3 aromatic rings. The molecule has 0 radical (unpaired) electrons. The molecule has 0 atom stereocenters. The fourth-order valence-corrected chi connectivity index (χ4v) is 5.32. The number of Topliss-reactive ketones (excluding diaryl/α,β-unsaturated/α-hetero) is 1. The van der Waals surface area contributed by atoms with Gasteiger partial charge in [0.05, 0.1) is 25.1 Å². The van der Waals surface area contributed by atoms with Crippen molar-refractivity contribution in [3.05, 3.63) is 36.1 Å². The van der Waals surface area contributed by atoms with Gasteiger partial charge in [0, 0.05) is 36.8 Å². The lowest BCUT2D eigenvalue weighted by Gasteiger charge is -2.26. The number of hydrogen-bond donors (Lipinski definition) is 2. The van der Waals surface area contributed by atoms with Crippen LogP contribution in [0.1, 0.15) is 80.4 Å². The lowest BCUT2D eigenvalue weighted by atomic mass is 10.0. The Morgan fingerprint density at radius 2 is 1.38 bits per heavy atom. The Labute approximate surface area is 302 Å². The fraction of sp³-hybridized carbons (Fsp3) is 0.541. The molecule has 0 spiro atoms. The third-order valence-electron chi connectivity index (χ3n) is 7.49. The maximum Gasteiger partial charge on any atom is 0.412 e. The van der Waals surface area contributed by atoms with Crippen LogP contribution < -0.4 is 20.1 Å². The third kappa shape index (κ3) is 11.1. The van der Waals surface area contributed by atoms with Crippen molar-refractivity contribution in [1.29, 1.82) is 0 Å². The molecular formula is C37H49N3O12. The van der Waals surface area contributed by atoms with E-state index in [9.17, 15) is 24.0 Å². The third-order valence-corrected chi connectivity index (χ3v) is 7.49. The van der Waals surface area contributed by atoms with Gasteiger partial charge in [0.1, 0.15) is 17.0 Å². The van der Waals surface area contributed by atoms with Crippen LogP contribution in [0.3, 0.4) is 0 Å². The maximum atomic E-state index is 13.2. The van der Waals surface area contributed by atoms with E-state index in [2.05, 4.69) is 10.6 Å². The zero-order valence-corrected chi connectivity index (χ0v) is 31.1. The van der Waals surface area contributed by atoms with Crippen molar-refractivity contribution in [2.24, 2.45) is 0 Å². The van der Waals surface area contributed by atoms with Crippen molar-refractivity contribution < 1.29 is 56.8 Å². The highest BCUT2D eigenvalue weighted by Crippen LogP contribution is 2.47. The van der Waals surface area contributed by atoms with Crippen molar-refractivity contribution in [3.8, 4) is 11.5 Å². The number of ether oxygens (including phenoxy) is 6. The summed E-state index contributed by atoms with van der Waals surface area (Å²) in [6.45, 7) is 14.2. The Bertz CT molecular complexity index is 1780. The molecule has 1 aliphatic rings. The monoisotopic (exact) mass is 727 g/mol. The van der Waals surface area contributed by atoms with Crippen LogP contribution in [0.5, 0.6) is 11.5 Å². The number of unbranched alkanes of at least 4 members (excludes halogenated alkanes) is 1. The molecule has 0 bridgehead atoms. The molecule has 0 saturated carbocycles. The number of amides is 3. The minimum absolute atomic E-state index is 0.0223. The van der Waals surface area contributed by atoms with Crippen LogP contribution in [0.25, 0.3) is 21.7 Å². The largest absolute Gasteiger partial charge is 0.460 e. The van der Waals surface area contributed by atoms with Crippen LogP contribution in [0.15, 0.2) is 34.7 Å². The average Bonchev–Trinajstić information content (AvgIpc) is 3.68. The molecule has 2 aromatic carbocycles. The van der Waals surface area contributed by atoms with Crippen molar-refractivity contribution in [3.63, 3.8) is 0 Å². The summed E-state index contributed by atoms with van der Waals surface area (Å²) in [5.74, 6) is -1.37. The molecule has 15 nitrogen and oxygen atoms in total. The van der Waals surface area contributed by atoms with Crippen molar-refractivity contribution in [1.82, 2.24) is 15.5 Å². The van der Waals surface area contributed by atoms with Gasteiger partial charge in [-0.05, 0) is 74.3 Å². The number of furan rings is 1. The molecule has 284 valence electrons. The Balaban J connectivity index is 1.55. The second kappa shape index (κ2) is 16.6. The van der Waals surface area contributed by atoms with E-state index in [1.165, 1.54) is 11.8 Å². The van der Waals surface area contributed by atoms with Gasteiger partial charge >= 0.3 is 24.2 Å². The number of rotatable bonds is 13. The summed E-state index contributed by atoms with van der Waals surface area (Å²) in [5.41, 5.74) is -1.24. The molecular weight excluding hydrogens is 678 g/mol. The molecule has 1 fully saturated rings. The zero-order chi connectivity index (χ0) is 38.3. The summed E-state index contributed by atoms with van der Waals surface area (Å²) >= 11 is 0. The molecule has 15 heteroatoms.